The fraction of sp³-hybridized carbons (Fsp3) is 0.368. The van der Waals surface area contributed by atoms with Gasteiger partial charge in [0.2, 0.25) is 5.91 Å². The third kappa shape index (κ3) is 2.81. The lowest BCUT2D eigenvalue weighted by Crippen LogP contribution is -2.35. The lowest BCUT2D eigenvalue weighted by Gasteiger charge is -2.27. The summed E-state index contributed by atoms with van der Waals surface area (Å²) in [6.45, 7) is 1.53. The highest BCUT2D eigenvalue weighted by molar-refractivity contribution is 5.91. The number of carbonyl (C=O) groups excluding carboxylic acids is 1. The third-order valence-electron chi connectivity index (χ3n) is 4.91. The van der Waals surface area contributed by atoms with Crippen LogP contribution in [0.15, 0.2) is 42.8 Å². The minimum Gasteiger partial charge on any atom is -0.346 e. The molecule has 1 aliphatic heterocycles. The first-order valence-corrected chi connectivity index (χ1v) is 8.37. The molecule has 0 bridgehead atoms. The average Bonchev–Trinajstić information content (AvgIpc) is 3.24. The number of rotatable bonds is 3. The van der Waals surface area contributed by atoms with Gasteiger partial charge < -0.3 is 9.88 Å². The van der Waals surface area contributed by atoms with Gasteiger partial charge in [0.15, 0.2) is 0 Å². The van der Waals surface area contributed by atoms with Crippen LogP contribution in [0.2, 0.25) is 0 Å². The molecule has 4 nitrogen and oxygen atoms in total. The van der Waals surface area contributed by atoms with Gasteiger partial charge in [0.1, 0.15) is 5.65 Å². The highest BCUT2D eigenvalue weighted by Crippen LogP contribution is 2.29. The van der Waals surface area contributed by atoms with Crippen LogP contribution in [-0.4, -0.2) is 33.9 Å². The third-order valence-corrected chi connectivity index (χ3v) is 4.91. The second-order valence-corrected chi connectivity index (χ2v) is 6.39. The number of H-pyrrole nitrogens is 1. The van der Waals surface area contributed by atoms with Crippen molar-refractivity contribution in [3.8, 4) is 0 Å². The monoisotopic (exact) mass is 307 g/mol. The Morgan fingerprint density at radius 2 is 2.39 bits per heavy atom. The van der Waals surface area contributed by atoms with Crippen molar-refractivity contribution < 1.29 is 4.79 Å². The Morgan fingerprint density at radius 3 is 3.17 bits per heavy atom. The molecule has 1 aliphatic carbocycles. The summed E-state index contributed by atoms with van der Waals surface area (Å²) in [5, 5.41) is 1.16. The lowest BCUT2D eigenvalue weighted by atomic mass is 9.98. The number of carbonyl (C=O) groups is 1. The molecule has 2 aromatic heterocycles. The van der Waals surface area contributed by atoms with E-state index in [2.05, 4.69) is 34.3 Å². The zero-order valence-electron chi connectivity index (χ0n) is 13.2. The molecule has 0 spiro atoms. The molecule has 0 saturated carbocycles. The first-order chi connectivity index (χ1) is 11.3. The minimum atomic E-state index is 0.289. The van der Waals surface area contributed by atoms with Gasteiger partial charge in [0.05, 0.1) is 0 Å². The number of aromatic amines is 1. The molecule has 0 fully saturated rings. The van der Waals surface area contributed by atoms with Crippen molar-refractivity contribution in [2.75, 3.05) is 13.1 Å². The van der Waals surface area contributed by atoms with E-state index in [9.17, 15) is 4.79 Å². The number of pyridine rings is 1. The Balaban J connectivity index is 1.46. The Bertz CT molecular complexity index is 787. The normalized spacial score (nSPS) is 21.0. The molecule has 2 aliphatic rings. The Kier molecular flexibility index (Phi) is 3.74. The van der Waals surface area contributed by atoms with E-state index >= 15 is 0 Å². The van der Waals surface area contributed by atoms with Crippen LogP contribution in [0.1, 0.15) is 31.2 Å². The van der Waals surface area contributed by atoms with E-state index in [1.807, 2.05) is 17.2 Å². The Labute approximate surface area is 135 Å². The van der Waals surface area contributed by atoms with Crippen molar-refractivity contribution in [2.45, 2.75) is 25.7 Å². The van der Waals surface area contributed by atoms with Gasteiger partial charge in [-0.1, -0.05) is 18.2 Å². The highest BCUT2D eigenvalue weighted by atomic mass is 16.2. The van der Waals surface area contributed by atoms with Gasteiger partial charge in [-0.05, 0) is 42.9 Å². The lowest BCUT2D eigenvalue weighted by molar-refractivity contribution is -0.131. The maximum Gasteiger partial charge on any atom is 0.223 e. The Hall–Kier alpha value is -2.36. The molecule has 0 unspecified atom stereocenters. The molecule has 1 amide bonds. The molecule has 0 aromatic carbocycles. The van der Waals surface area contributed by atoms with Gasteiger partial charge in [-0.25, -0.2) is 4.98 Å². The van der Waals surface area contributed by atoms with E-state index < -0.39 is 0 Å². The van der Waals surface area contributed by atoms with E-state index in [4.69, 9.17) is 0 Å². The van der Waals surface area contributed by atoms with Crippen LogP contribution in [0.5, 0.6) is 0 Å². The maximum absolute atomic E-state index is 12.4. The maximum atomic E-state index is 12.4. The molecule has 23 heavy (non-hydrogen) atoms. The second-order valence-electron chi connectivity index (χ2n) is 6.39. The van der Waals surface area contributed by atoms with Crippen LogP contribution in [-0.2, 0) is 4.79 Å². The number of fused-ring (bicyclic) bond motifs is 1. The van der Waals surface area contributed by atoms with Crippen LogP contribution in [0.3, 0.4) is 0 Å². The minimum absolute atomic E-state index is 0.289. The SMILES string of the molecule is O=C(C[C@@H]1C=CCC1)N1CC=C(c2c[nH]c3ncccc23)CC1. The van der Waals surface area contributed by atoms with Crippen LogP contribution >= 0.6 is 0 Å². The molecule has 1 atom stereocenters. The van der Waals surface area contributed by atoms with E-state index in [-0.39, 0.29) is 5.91 Å². The Morgan fingerprint density at radius 1 is 1.43 bits per heavy atom. The van der Waals surface area contributed by atoms with E-state index in [1.165, 1.54) is 11.1 Å². The molecular formula is C19H21N3O. The zero-order valence-corrected chi connectivity index (χ0v) is 13.2. The number of nitrogens with zero attached hydrogens (tertiary/aromatic N) is 2. The van der Waals surface area contributed by atoms with Crippen molar-refractivity contribution in [1.29, 1.82) is 0 Å². The van der Waals surface area contributed by atoms with Gasteiger partial charge in [-0.3, -0.25) is 4.79 Å². The van der Waals surface area contributed by atoms with E-state index in [0.29, 0.717) is 12.3 Å². The molecule has 4 rings (SSSR count). The average molecular weight is 307 g/mol. The van der Waals surface area contributed by atoms with Gasteiger partial charge in [-0.15, -0.1) is 0 Å². The van der Waals surface area contributed by atoms with Crippen molar-refractivity contribution >= 4 is 22.5 Å². The molecule has 1 N–H and O–H groups in total. The van der Waals surface area contributed by atoms with Crippen molar-refractivity contribution in [2.24, 2.45) is 5.92 Å². The van der Waals surface area contributed by atoms with Crippen molar-refractivity contribution in [1.82, 2.24) is 14.9 Å². The topological polar surface area (TPSA) is 49.0 Å². The molecule has 0 radical (unpaired) electrons. The fourth-order valence-electron chi connectivity index (χ4n) is 3.58. The van der Waals surface area contributed by atoms with Gasteiger partial charge in [0.25, 0.3) is 0 Å². The summed E-state index contributed by atoms with van der Waals surface area (Å²) in [6.07, 6.45) is 14.2. The summed E-state index contributed by atoms with van der Waals surface area (Å²) >= 11 is 0. The zero-order chi connectivity index (χ0) is 15.6. The first kappa shape index (κ1) is 14.2. The quantitative estimate of drug-likeness (QED) is 0.882. The largest absolute Gasteiger partial charge is 0.346 e. The summed E-state index contributed by atoms with van der Waals surface area (Å²) < 4.78 is 0. The van der Waals surface area contributed by atoms with Gasteiger partial charge >= 0.3 is 0 Å². The molecule has 118 valence electrons. The first-order valence-electron chi connectivity index (χ1n) is 8.37. The number of aromatic nitrogens is 2. The van der Waals surface area contributed by atoms with E-state index in [1.54, 1.807) is 6.20 Å². The molecular weight excluding hydrogens is 286 g/mol. The molecule has 4 heteroatoms. The summed E-state index contributed by atoms with van der Waals surface area (Å²) in [6, 6.07) is 4.06. The summed E-state index contributed by atoms with van der Waals surface area (Å²) in [4.78, 5) is 22.0. The molecule has 0 saturated heterocycles. The number of hydrogen-bond acceptors (Lipinski definition) is 2. The molecule has 3 heterocycles. The van der Waals surface area contributed by atoms with Crippen LogP contribution < -0.4 is 0 Å². The second kappa shape index (κ2) is 6.03. The predicted octanol–water partition coefficient (Wildman–Crippen LogP) is 3.53. The number of nitrogens with one attached hydrogen (secondary N) is 1. The predicted molar refractivity (Wildman–Crippen MR) is 91.7 cm³/mol. The highest BCUT2D eigenvalue weighted by Gasteiger charge is 2.22. The summed E-state index contributed by atoms with van der Waals surface area (Å²) in [5.41, 5.74) is 3.46. The van der Waals surface area contributed by atoms with Gasteiger partial charge in [0, 0.05) is 42.9 Å². The summed E-state index contributed by atoms with van der Waals surface area (Å²) in [7, 11) is 0. The molecule has 2 aromatic rings. The van der Waals surface area contributed by atoms with Crippen molar-refractivity contribution in [3.05, 3.63) is 48.3 Å². The van der Waals surface area contributed by atoms with Crippen LogP contribution in [0.4, 0.5) is 0 Å². The van der Waals surface area contributed by atoms with Gasteiger partial charge in [-0.2, -0.15) is 0 Å². The standard InChI is InChI=1S/C19H21N3O/c23-18(12-14-4-1-2-5-14)22-10-7-15(8-11-22)17-13-21-19-16(17)6-3-9-20-19/h1,3-4,6-7,9,13-14H,2,5,8,10-12H2,(H,20,21)/t14-/m1/s1. The number of amides is 1. The van der Waals surface area contributed by atoms with Crippen LogP contribution in [0, 0.1) is 5.92 Å². The fourth-order valence-corrected chi connectivity index (χ4v) is 3.58. The van der Waals surface area contributed by atoms with Crippen molar-refractivity contribution in [3.63, 3.8) is 0 Å². The smallest absolute Gasteiger partial charge is 0.223 e. The van der Waals surface area contributed by atoms with Crippen LogP contribution in [0.25, 0.3) is 16.6 Å². The summed E-state index contributed by atoms with van der Waals surface area (Å²) in [5.74, 6) is 0.741. The number of hydrogen-bond donors (Lipinski definition) is 1. The number of allylic oxidation sites excluding steroid dienone is 2. The van der Waals surface area contributed by atoms with E-state index in [0.717, 1.165) is 43.4 Å².